The van der Waals surface area contributed by atoms with Crippen molar-refractivity contribution >= 4 is 23.6 Å². The Morgan fingerprint density at radius 2 is 1.88 bits per heavy atom. The van der Waals surface area contributed by atoms with Crippen LogP contribution in [0.2, 0.25) is 0 Å². The summed E-state index contributed by atoms with van der Waals surface area (Å²) in [6, 6.07) is 1.31. The van der Waals surface area contributed by atoms with Crippen molar-refractivity contribution < 1.29 is 23.6 Å². The molecule has 0 bridgehead atoms. The van der Waals surface area contributed by atoms with E-state index < -0.39 is 35.5 Å². The minimum atomic E-state index is -1.05. The maximum Gasteiger partial charge on any atom is 0.262 e. The Hall–Kier alpha value is -2.83. The Labute approximate surface area is 137 Å². The van der Waals surface area contributed by atoms with Gasteiger partial charge in [-0.2, -0.15) is 0 Å². The Balaban J connectivity index is 1.98. The number of nitrogens with zero attached hydrogens (tertiary/aromatic N) is 1. The number of nitrogens with one attached hydrogen (secondary N) is 1. The molecule has 1 saturated heterocycles. The van der Waals surface area contributed by atoms with Crippen molar-refractivity contribution in [1.29, 1.82) is 0 Å². The van der Waals surface area contributed by atoms with Crippen LogP contribution in [0.5, 0.6) is 0 Å². The molecule has 2 heterocycles. The van der Waals surface area contributed by atoms with Crippen molar-refractivity contribution in [3.8, 4) is 0 Å². The van der Waals surface area contributed by atoms with E-state index in [0.717, 1.165) is 11.0 Å². The van der Waals surface area contributed by atoms with Gasteiger partial charge >= 0.3 is 0 Å². The van der Waals surface area contributed by atoms with Gasteiger partial charge in [-0.05, 0) is 37.5 Å². The Morgan fingerprint density at radius 1 is 1.25 bits per heavy atom. The lowest BCUT2D eigenvalue weighted by molar-refractivity contribution is -0.136. The fourth-order valence-electron chi connectivity index (χ4n) is 3.00. The van der Waals surface area contributed by atoms with Crippen LogP contribution in [0.1, 0.15) is 46.0 Å². The minimum absolute atomic E-state index is 0.0408. The van der Waals surface area contributed by atoms with Crippen molar-refractivity contribution in [2.45, 2.75) is 32.2 Å². The minimum Gasteiger partial charge on any atom is -0.295 e. The second kappa shape index (κ2) is 5.67. The topological polar surface area (TPSA) is 83.6 Å². The molecule has 2 aliphatic rings. The fraction of sp³-hybridized carbons (Fsp3) is 0.294. The second-order valence-corrected chi connectivity index (χ2v) is 6.07. The number of hydrogen-bond acceptors (Lipinski definition) is 4. The molecule has 124 valence electrons. The molecule has 2 aliphatic heterocycles. The van der Waals surface area contributed by atoms with Crippen LogP contribution in [-0.2, 0) is 16.0 Å². The Kier molecular flexibility index (Phi) is 3.79. The zero-order valence-electron chi connectivity index (χ0n) is 13.0. The summed E-state index contributed by atoms with van der Waals surface area (Å²) in [5, 5.41) is 2.11. The van der Waals surface area contributed by atoms with Crippen LogP contribution in [-0.4, -0.2) is 34.6 Å². The van der Waals surface area contributed by atoms with Gasteiger partial charge in [0.2, 0.25) is 11.8 Å². The van der Waals surface area contributed by atoms with E-state index in [1.54, 1.807) is 6.92 Å². The summed E-state index contributed by atoms with van der Waals surface area (Å²) in [6.07, 6.45) is 0.356. The number of allylic oxidation sites excluding steroid dienone is 1. The highest BCUT2D eigenvalue weighted by Crippen LogP contribution is 2.30. The number of rotatable bonds is 3. The predicted molar refractivity (Wildman–Crippen MR) is 81.6 cm³/mol. The van der Waals surface area contributed by atoms with Crippen LogP contribution in [0, 0.1) is 5.82 Å². The number of hydrogen-bond donors (Lipinski definition) is 1. The van der Waals surface area contributed by atoms with Crippen LogP contribution in [0.3, 0.4) is 0 Å². The van der Waals surface area contributed by atoms with Crippen LogP contribution in [0.4, 0.5) is 4.39 Å². The van der Waals surface area contributed by atoms with E-state index in [9.17, 15) is 23.6 Å². The van der Waals surface area contributed by atoms with Crippen LogP contribution >= 0.6 is 0 Å². The van der Waals surface area contributed by atoms with E-state index in [0.29, 0.717) is 5.57 Å². The molecule has 4 amide bonds. The van der Waals surface area contributed by atoms with E-state index in [2.05, 4.69) is 11.9 Å². The van der Waals surface area contributed by atoms with Crippen molar-refractivity contribution in [2.75, 3.05) is 0 Å². The SMILES string of the molecule is C=C(C)Cc1cc2c(cc1F)C(=O)N(C1CCC(=O)NC1=O)C2=O. The average Bonchev–Trinajstić information content (AvgIpc) is 2.72. The first-order chi connectivity index (χ1) is 11.3. The van der Waals surface area contributed by atoms with Gasteiger partial charge in [0.15, 0.2) is 0 Å². The number of fused-ring (bicyclic) bond motifs is 1. The van der Waals surface area contributed by atoms with Gasteiger partial charge < -0.3 is 0 Å². The Morgan fingerprint density at radius 3 is 2.46 bits per heavy atom. The van der Waals surface area contributed by atoms with Gasteiger partial charge in [-0.25, -0.2) is 4.39 Å². The summed E-state index contributed by atoms with van der Waals surface area (Å²) in [5.74, 6) is -3.09. The van der Waals surface area contributed by atoms with Gasteiger partial charge in [0.1, 0.15) is 11.9 Å². The zero-order chi connectivity index (χ0) is 17.6. The summed E-state index contributed by atoms with van der Waals surface area (Å²) in [7, 11) is 0. The van der Waals surface area contributed by atoms with Gasteiger partial charge in [0.05, 0.1) is 11.1 Å². The number of carbonyl (C=O) groups excluding carboxylic acids is 4. The predicted octanol–water partition coefficient (Wildman–Crippen LogP) is 1.35. The summed E-state index contributed by atoms with van der Waals surface area (Å²) < 4.78 is 14.2. The molecule has 1 aromatic carbocycles. The molecule has 1 atom stereocenters. The molecule has 0 aliphatic carbocycles. The molecule has 24 heavy (non-hydrogen) atoms. The van der Waals surface area contributed by atoms with Crippen molar-refractivity contribution in [1.82, 2.24) is 10.2 Å². The highest BCUT2D eigenvalue weighted by molar-refractivity contribution is 6.23. The smallest absolute Gasteiger partial charge is 0.262 e. The number of piperidine rings is 1. The highest BCUT2D eigenvalue weighted by Gasteiger charge is 2.45. The van der Waals surface area contributed by atoms with E-state index in [1.165, 1.54) is 6.07 Å². The third-order valence-corrected chi connectivity index (χ3v) is 4.10. The molecule has 0 saturated carbocycles. The monoisotopic (exact) mass is 330 g/mol. The highest BCUT2D eigenvalue weighted by atomic mass is 19.1. The number of amides is 4. The third kappa shape index (κ3) is 2.51. The lowest BCUT2D eigenvalue weighted by Crippen LogP contribution is -2.54. The summed E-state index contributed by atoms with van der Waals surface area (Å²) >= 11 is 0. The summed E-state index contributed by atoms with van der Waals surface area (Å²) in [5.41, 5.74) is 0.996. The molecule has 0 aromatic heterocycles. The standard InChI is InChI=1S/C17H15FN2O4/c1-8(2)5-9-6-10-11(7-12(9)18)17(24)20(16(10)23)13-3-4-14(21)19-15(13)22/h6-7,13H,1,3-5H2,2H3,(H,19,21,22). The third-order valence-electron chi connectivity index (χ3n) is 4.10. The summed E-state index contributed by atoms with van der Waals surface area (Å²) in [4.78, 5) is 49.0. The molecule has 0 radical (unpaired) electrons. The van der Waals surface area contributed by atoms with Gasteiger partial charge in [-0.3, -0.25) is 29.4 Å². The Bertz CT molecular complexity index is 815. The molecule has 7 heteroatoms. The average molecular weight is 330 g/mol. The first kappa shape index (κ1) is 16.0. The maximum absolute atomic E-state index is 14.2. The molecule has 1 fully saturated rings. The normalized spacial score (nSPS) is 20.2. The molecule has 1 N–H and O–H groups in total. The first-order valence-corrected chi connectivity index (χ1v) is 7.48. The maximum atomic E-state index is 14.2. The second-order valence-electron chi connectivity index (χ2n) is 6.07. The van der Waals surface area contributed by atoms with E-state index in [4.69, 9.17) is 0 Å². The molecular weight excluding hydrogens is 315 g/mol. The largest absolute Gasteiger partial charge is 0.295 e. The zero-order valence-corrected chi connectivity index (χ0v) is 13.0. The van der Waals surface area contributed by atoms with Crippen LogP contribution < -0.4 is 5.32 Å². The fourth-order valence-corrected chi connectivity index (χ4v) is 3.00. The van der Waals surface area contributed by atoms with Crippen molar-refractivity contribution in [3.05, 3.63) is 46.8 Å². The molecule has 0 spiro atoms. The lowest BCUT2D eigenvalue weighted by atomic mass is 10.0. The van der Waals surface area contributed by atoms with Crippen LogP contribution in [0.25, 0.3) is 0 Å². The number of imide groups is 2. The quantitative estimate of drug-likeness (QED) is 0.670. The van der Waals surface area contributed by atoms with Crippen molar-refractivity contribution in [2.24, 2.45) is 0 Å². The van der Waals surface area contributed by atoms with Crippen molar-refractivity contribution in [3.63, 3.8) is 0 Å². The first-order valence-electron chi connectivity index (χ1n) is 7.48. The van der Waals surface area contributed by atoms with Gasteiger partial charge in [0, 0.05) is 6.42 Å². The molecular formula is C17H15FN2O4. The van der Waals surface area contributed by atoms with Gasteiger partial charge in [-0.15, -0.1) is 0 Å². The van der Waals surface area contributed by atoms with E-state index in [1.807, 2.05) is 0 Å². The number of halogens is 1. The summed E-state index contributed by atoms with van der Waals surface area (Å²) in [6.45, 7) is 5.44. The molecule has 3 rings (SSSR count). The van der Waals surface area contributed by atoms with E-state index in [-0.39, 0.29) is 36.0 Å². The molecule has 1 unspecified atom stereocenters. The molecule has 6 nitrogen and oxygen atoms in total. The lowest BCUT2D eigenvalue weighted by Gasteiger charge is -2.27. The molecule has 1 aromatic rings. The van der Waals surface area contributed by atoms with Gasteiger partial charge in [0.25, 0.3) is 11.8 Å². The van der Waals surface area contributed by atoms with Crippen LogP contribution in [0.15, 0.2) is 24.3 Å². The van der Waals surface area contributed by atoms with E-state index >= 15 is 0 Å². The number of benzene rings is 1. The van der Waals surface area contributed by atoms with Gasteiger partial charge in [-0.1, -0.05) is 12.2 Å². The number of carbonyl (C=O) groups is 4.